The van der Waals surface area contributed by atoms with Gasteiger partial charge >= 0.3 is 0 Å². The molecule has 0 saturated heterocycles. The van der Waals surface area contributed by atoms with E-state index in [1.807, 2.05) is 6.92 Å². The second-order valence-electron chi connectivity index (χ2n) is 3.34. The number of pyridine rings is 1. The molecule has 15 heavy (non-hydrogen) atoms. The SMILES string of the molecule is CCCNCc1ccnc(NCC)c1F. The first-order valence-corrected chi connectivity index (χ1v) is 5.37. The predicted molar refractivity (Wildman–Crippen MR) is 60.4 cm³/mol. The molecule has 1 heterocycles. The van der Waals surface area contributed by atoms with Gasteiger partial charge in [0.25, 0.3) is 0 Å². The van der Waals surface area contributed by atoms with E-state index in [4.69, 9.17) is 0 Å². The molecule has 2 N–H and O–H groups in total. The lowest BCUT2D eigenvalue weighted by atomic mass is 10.2. The molecule has 0 aliphatic rings. The Morgan fingerprint density at radius 1 is 1.40 bits per heavy atom. The van der Waals surface area contributed by atoms with Crippen molar-refractivity contribution in [3.8, 4) is 0 Å². The normalized spacial score (nSPS) is 10.3. The minimum absolute atomic E-state index is 0.247. The van der Waals surface area contributed by atoms with Gasteiger partial charge in [0.1, 0.15) is 0 Å². The van der Waals surface area contributed by atoms with Gasteiger partial charge in [-0.2, -0.15) is 0 Å². The molecule has 0 aliphatic heterocycles. The molecule has 4 heteroatoms. The van der Waals surface area contributed by atoms with E-state index in [0.29, 0.717) is 24.5 Å². The molecular formula is C11H18FN3. The highest BCUT2D eigenvalue weighted by molar-refractivity contribution is 5.39. The van der Waals surface area contributed by atoms with Gasteiger partial charge in [0, 0.05) is 24.8 Å². The van der Waals surface area contributed by atoms with E-state index in [2.05, 4.69) is 22.5 Å². The molecule has 0 unspecified atom stereocenters. The van der Waals surface area contributed by atoms with Crippen LogP contribution in [-0.2, 0) is 6.54 Å². The van der Waals surface area contributed by atoms with Gasteiger partial charge in [-0.05, 0) is 26.0 Å². The van der Waals surface area contributed by atoms with Gasteiger partial charge in [0.2, 0.25) is 0 Å². The Bertz CT molecular complexity index is 302. The molecule has 0 saturated carbocycles. The summed E-state index contributed by atoms with van der Waals surface area (Å²) >= 11 is 0. The molecule has 0 aromatic carbocycles. The van der Waals surface area contributed by atoms with Crippen LogP contribution in [0.5, 0.6) is 0 Å². The molecule has 1 rings (SSSR count). The maximum atomic E-state index is 13.7. The minimum atomic E-state index is -0.247. The van der Waals surface area contributed by atoms with Gasteiger partial charge in [-0.1, -0.05) is 6.92 Å². The zero-order chi connectivity index (χ0) is 11.1. The fraction of sp³-hybridized carbons (Fsp3) is 0.545. The third kappa shape index (κ3) is 3.47. The lowest BCUT2D eigenvalue weighted by molar-refractivity contribution is 0.584. The van der Waals surface area contributed by atoms with Crippen LogP contribution in [0.25, 0.3) is 0 Å². The average Bonchev–Trinajstić information content (AvgIpc) is 2.24. The maximum absolute atomic E-state index is 13.7. The van der Waals surface area contributed by atoms with Crippen LogP contribution < -0.4 is 10.6 Å². The van der Waals surface area contributed by atoms with Crippen molar-refractivity contribution in [3.63, 3.8) is 0 Å². The summed E-state index contributed by atoms with van der Waals surface area (Å²) in [6.45, 7) is 6.14. The average molecular weight is 211 g/mol. The molecule has 0 amide bonds. The van der Waals surface area contributed by atoms with Crippen molar-refractivity contribution >= 4 is 5.82 Å². The van der Waals surface area contributed by atoms with Crippen LogP contribution in [-0.4, -0.2) is 18.1 Å². The lowest BCUT2D eigenvalue weighted by Crippen LogP contribution is -2.15. The summed E-state index contributed by atoms with van der Waals surface area (Å²) in [5.74, 6) is 0.0938. The maximum Gasteiger partial charge on any atom is 0.169 e. The van der Waals surface area contributed by atoms with Crippen molar-refractivity contribution in [2.45, 2.75) is 26.8 Å². The lowest BCUT2D eigenvalue weighted by Gasteiger charge is -2.08. The second kappa shape index (κ2) is 6.35. The third-order valence-electron chi connectivity index (χ3n) is 2.06. The Labute approximate surface area is 90.1 Å². The van der Waals surface area contributed by atoms with Gasteiger partial charge in [-0.3, -0.25) is 0 Å². The van der Waals surface area contributed by atoms with Crippen molar-refractivity contribution in [2.24, 2.45) is 0 Å². The zero-order valence-electron chi connectivity index (χ0n) is 9.31. The molecule has 0 aliphatic carbocycles. The molecule has 84 valence electrons. The zero-order valence-corrected chi connectivity index (χ0v) is 9.31. The van der Waals surface area contributed by atoms with E-state index in [-0.39, 0.29) is 5.82 Å². The second-order valence-corrected chi connectivity index (χ2v) is 3.34. The monoisotopic (exact) mass is 211 g/mol. The van der Waals surface area contributed by atoms with E-state index in [1.165, 1.54) is 0 Å². The Morgan fingerprint density at radius 2 is 2.20 bits per heavy atom. The highest BCUT2D eigenvalue weighted by Crippen LogP contribution is 2.14. The number of anilines is 1. The van der Waals surface area contributed by atoms with Crippen LogP contribution in [0, 0.1) is 5.82 Å². The first kappa shape index (κ1) is 11.9. The topological polar surface area (TPSA) is 37.0 Å². The van der Waals surface area contributed by atoms with E-state index >= 15 is 0 Å². The molecule has 0 radical (unpaired) electrons. The Hall–Kier alpha value is -1.16. The van der Waals surface area contributed by atoms with Crippen molar-refractivity contribution < 1.29 is 4.39 Å². The van der Waals surface area contributed by atoms with Crippen LogP contribution in [0.15, 0.2) is 12.3 Å². The Balaban J connectivity index is 2.66. The molecule has 0 fully saturated rings. The summed E-state index contributed by atoms with van der Waals surface area (Å²) in [6.07, 6.45) is 2.68. The number of rotatable bonds is 6. The molecule has 1 aromatic rings. The fourth-order valence-corrected chi connectivity index (χ4v) is 1.31. The standard InChI is InChI=1S/C11H18FN3/c1-3-6-13-8-9-5-7-15-11(10(9)12)14-4-2/h5,7,13H,3-4,6,8H2,1-2H3,(H,14,15). The number of halogens is 1. The highest BCUT2D eigenvalue weighted by Gasteiger charge is 2.07. The number of nitrogens with zero attached hydrogens (tertiary/aromatic N) is 1. The smallest absolute Gasteiger partial charge is 0.169 e. The van der Waals surface area contributed by atoms with Crippen molar-refractivity contribution in [3.05, 3.63) is 23.6 Å². The van der Waals surface area contributed by atoms with E-state index in [1.54, 1.807) is 12.3 Å². The van der Waals surface area contributed by atoms with Crippen LogP contribution in [0.2, 0.25) is 0 Å². The molecular weight excluding hydrogens is 193 g/mol. The quantitative estimate of drug-likeness (QED) is 0.708. The van der Waals surface area contributed by atoms with E-state index in [0.717, 1.165) is 13.0 Å². The summed E-state index contributed by atoms with van der Waals surface area (Å²) in [5, 5.41) is 6.06. The summed E-state index contributed by atoms with van der Waals surface area (Å²) in [5.41, 5.74) is 0.661. The highest BCUT2D eigenvalue weighted by atomic mass is 19.1. The van der Waals surface area contributed by atoms with Gasteiger partial charge in [0.05, 0.1) is 0 Å². The molecule has 3 nitrogen and oxygen atoms in total. The van der Waals surface area contributed by atoms with Crippen molar-refractivity contribution in [1.29, 1.82) is 0 Å². The molecule has 1 aromatic heterocycles. The minimum Gasteiger partial charge on any atom is -0.368 e. The van der Waals surface area contributed by atoms with E-state index < -0.39 is 0 Å². The van der Waals surface area contributed by atoms with Crippen LogP contribution in [0.4, 0.5) is 10.2 Å². The van der Waals surface area contributed by atoms with Gasteiger partial charge in [0.15, 0.2) is 11.6 Å². The fourth-order valence-electron chi connectivity index (χ4n) is 1.31. The van der Waals surface area contributed by atoms with Crippen molar-refractivity contribution in [2.75, 3.05) is 18.4 Å². The summed E-state index contributed by atoms with van der Waals surface area (Å²) < 4.78 is 13.7. The number of aromatic nitrogens is 1. The number of nitrogens with one attached hydrogen (secondary N) is 2. The molecule has 0 spiro atoms. The third-order valence-corrected chi connectivity index (χ3v) is 2.06. The van der Waals surface area contributed by atoms with Gasteiger partial charge in [-0.15, -0.1) is 0 Å². The van der Waals surface area contributed by atoms with Crippen LogP contribution in [0.1, 0.15) is 25.8 Å². The first-order chi connectivity index (χ1) is 7.29. The number of hydrogen-bond acceptors (Lipinski definition) is 3. The molecule has 0 atom stereocenters. The van der Waals surface area contributed by atoms with Crippen LogP contribution in [0.3, 0.4) is 0 Å². The molecule has 0 bridgehead atoms. The van der Waals surface area contributed by atoms with Crippen LogP contribution >= 0.6 is 0 Å². The Kier molecular flexibility index (Phi) is 5.04. The van der Waals surface area contributed by atoms with Crippen molar-refractivity contribution in [1.82, 2.24) is 10.3 Å². The van der Waals surface area contributed by atoms with Gasteiger partial charge in [-0.25, -0.2) is 9.37 Å². The Morgan fingerprint density at radius 3 is 2.87 bits per heavy atom. The largest absolute Gasteiger partial charge is 0.368 e. The number of hydrogen-bond donors (Lipinski definition) is 2. The predicted octanol–water partition coefficient (Wildman–Crippen LogP) is 2.15. The summed E-state index contributed by atoms with van der Waals surface area (Å²) in [6, 6.07) is 1.71. The van der Waals surface area contributed by atoms with E-state index in [9.17, 15) is 4.39 Å². The first-order valence-electron chi connectivity index (χ1n) is 5.37. The summed E-state index contributed by atoms with van der Waals surface area (Å²) in [7, 11) is 0. The summed E-state index contributed by atoms with van der Waals surface area (Å²) in [4.78, 5) is 3.94. The van der Waals surface area contributed by atoms with Gasteiger partial charge < -0.3 is 10.6 Å².